The van der Waals surface area contributed by atoms with E-state index in [1.807, 2.05) is 36.4 Å². The Morgan fingerprint density at radius 1 is 1.19 bits per heavy atom. The van der Waals surface area contributed by atoms with Gasteiger partial charge < -0.3 is 5.73 Å². The highest BCUT2D eigenvalue weighted by Crippen LogP contribution is 2.22. The molecular formula is C12H9ClN2S. The normalized spacial score (nSPS) is 10.1. The van der Waals surface area contributed by atoms with Crippen molar-refractivity contribution in [3.05, 3.63) is 53.2 Å². The van der Waals surface area contributed by atoms with Gasteiger partial charge in [-0.25, -0.2) is 0 Å². The lowest BCUT2D eigenvalue weighted by molar-refractivity contribution is 1.31. The molecule has 80 valence electrons. The summed E-state index contributed by atoms with van der Waals surface area (Å²) < 4.78 is 0. The van der Waals surface area contributed by atoms with Crippen molar-refractivity contribution in [3.8, 4) is 11.3 Å². The third kappa shape index (κ3) is 2.21. The van der Waals surface area contributed by atoms with Gasteiger partial charge in [0.1, 0.15) is 4.99 Å². The summed E-state index contributed by atoms with van der Waals surface area (Å²) in [6.45, 7) is 0. The summed E-state index contributed by atoms with van der Waals surface area (Å²) in [6.07, 6.45) is 1.71. The Morgan fingerprint density at radius 2 is 1.88 bits per heavy atom. The number of nitrogens with two attached hydrogens (primary N) is 1. The monoisotopic (exact) mass is 248 g/mol. The third-order valence-corrected chi connectivity index (χ3v) is 2.66. The Hall–Kier alpha value is -1.45. The van der Waals surface area contributed by atoms with E-state index < -0.39 is 0 Å². The molecule has 2 rings (SSSR count). The number of halogens is 1. The van der Waals surface area contributed by atoms with Crippen LogP contribution in [-0.4, -0.2) is 9.97 Å². The van der Waals surface area contributed by atoms with E-state index in [2.05, 4.69) is 4.98 Å². The van der Waals surface area contributed by atoms with Gasteiger partial charge in [0.2, 0.25) is 0 Å². The maximum absolute atomic E-state index is 5.83. The second-order valence-corrected chi connectivity index (χ2v) is 4.15. The smallest absolute Gasteiger partial charge is 0.106 e. The molecule has 0 spiro atoms. The highest BCUT2D eigenvalue weighted by molar-refractivity contribution is 7.80. The van der Waals surface area contributed by atoms with Crippen molar-refractivity contribution in [2.24, 2.45) is 5.73 Å². The van der Waals surface area contributed by atoms with Crippen LogP contribution in [0.15, 0.2) is 42.6 Å². The van der Waals surface area contributed by atoms with Gasteiger partial charge in [-0.05, 0) is 24.3 Å². The summed E-state index contributed by atoms with van der Waals surface area (Å²) in [5.74, 6) is 0. The van der Waals surface area contributed by atoms with E-state index >= 15 is 0 Å². The van der Waals surface area contributed by atoms with Crippen molar-refractivity contribution in [1.82, 2.24) is 4.98 Å². The summed E-state index contributed by atoms with van der Waals surface area (Å²) >= 11 is 10.8. The maximum atomic E-state index is 5.83. The highest BCUT2D eigenvalue weighted by Gasteiger charge is 2.07. The van der Waals surface area contributed by atoms with Crippen LogP contribution in [0, 0.1) is 0 Å². The zero-order valence-electron chi connectivity index (χ0n) is 8.35. The number of rotatable bonds is 2. The molecule has 0 bridgehead atoms. The van der Waals surface area contributed by atoms with E-state index in [0.717, 1.165) is 16.8 Å². The molecule has 0 aliphatic rings. The minimum atomic E-state index is 0.345. The van der Waals surface area contributed by atoms with Crippen LogP contribution in [-0.2, 0) is 0 Å². The minimum Gasteiger partial charge on any atom is -0.389 e. The number of hydrogen-bond acceptors (Lipinski definition) is 2. The molecule has 2 N–H and O–H groups in total. The van der Waals surface area contributed by atoms with E-state index in [4.69, 9.17) is 29.6 Å². The fourth-order valence-electron chi connectivity index (χ4n) is 1.44. The molecule has 0 aliphatic heterocycles. The molecule has 0 saturated heterocycles. The second kappa shape index (κ2) is 4.60. The summed E-state index contributed by atoms with van der Waals surface area (Å²) in [5.41, 5.74) is 8.16. The average molecular weight is 249 g/mol. The zero-order chi connectivity index (χ0) is 11.5. The average Bonchev–Trinajstić information content (AvgIpc) is 2.30. The first-order chi connectivity index (χ1) is 7.68. The van der Waals surface area contributed by atoms with Crippen molar-refractivity contribution in [1.29, 1.82) is 0 Å². The van der Waals surface area contributed by atoms with E-state index in [0.29, 0.717) is 10.0 Å². The van der Waals surface area contributed by atoms with E-state index in [9.17, 15) is 0 Å². The molecule has 0 amide bonds. The van der Waals surface area contributed by atoms with E-state index in [1.165, 1.54) is 0 Å². The number of nitrogens with zero attached hydrogens (tertiary/aromatic N) is 1. The SMILES string of the molecule is NC(=S)c1cccnc1-c1ccc(Cl)cc1. The Kier molecular flexibility index (Phi) is 3.17. The van der Waals surface area contributed by atoms with Crippen molar-refractivity contribution < 1.29 is 0 Å². The Labute approximate surface area is 104 Å². The van der Waals surface area contributed by atoms with Gasteiger partial charge in [0.05, 0.1) is 5.69 Å². The van der Waals surface area contributed by atoms with Crippen LogP contribution in [0.5, 0.6) is 0 Å². The molecule has 1 aromatic carbocycles. The van der Waals surface area contributed by atoms with Crippen LogP contribution in [0.4, 0.5) is 0 Å². The van der Waals surface area contributed by atoms with E-state index in [1.54, 1.807) is 6.20 Å². The van der Waals surface area contributed by atoms with Crippen LogP contribution >= 0.6 is 23.8 Å². The minimum absolute atomic E-state index is 0.345. The fraction of sp³-hybridized carbons (Fsp3) is 0. The van der Waals surface area contributed by atoms with Crippen molar-refractivity contribution in [2.75, 3.05) is 0 Å². The van der Waals surface area contributed by atoms with Crippen LogP contribution in [0.1, 0.15) is 5.56 Å². The number of hydrogen-bond donors (Lipinski definition) is 1. The van der Waals surface area contributed by atoms with Crippen LogP contribution < -0.4 is 5.73 Å². The molecule has 1 aromatic heterocycles. The molecule has 0 unspecified atom stereocenters. The largest absolute Gasteiger partial charge is 0.389 e. The molecule has 0 aliphatic carbocycles. The van der Waals surface area contributed by atoms with Gasteiger partial charge in [-0.1, -0.05) is 36.0 Å². The quantitative estimate of drug-likeness (QED) is 0.831. The molecule has 0 saturated carbocycles. The molecule has 2 nitrogen and oxygen atoms in total. The molecule has 1 heterocycles. The maximum Gasteiger partial charge on any atom is 0.106 e. The van der Waals surface area contributed by atoms with Gasteiger partial charge in [0.25, 0.3) is 0 Å². The first kappa shape index (κ1) is 11.0. The summed E-state index contributed by atoms with van der Waals surface area (Å²) in [5, 5.41) is 0.691. The molecule has 0 radical (unpaired) electrons. The molecular weight excluding hydrogens is 240 g/mol. The van der Waals surface area contributed by atoms with Gasteiger partial charge in [0, 0.05) is 22.3 Å². The van der Waals surface area contributed by atoms with Crippen LogP contribution in [0.25, 0.3) is 11.3 Å². The van der Waals surface area contributed by atoms with Crippen LogP contribution in [0.3, 0.4) is 0 Å². The van der Waals surface area contributed by atoms with Gasteiger partial charge in [-0.15, -0.1) is 0 Å². The summed E-state index contributed by atoms with van der Waals surface area (Å²) in [7, 11) is 0. The first-order valence-corrected chi connectivity index (χ1v) is 5.48. The van der Waals surface area contributed by atoms with Crippen molar-refractivity contribution in [3.63, 3.8) is 0 Å². The number of aromatic nitrogens is 1. The molecule has 2 aromatic rings. The summed E-state index contributed by atoms with van der Waals surface area (Å²) in [6, 6.07) is 11.1. The second-order valence-electron chi connectivity index (χ2n) is 3.27. The Balaban J connectivity index is 2.55. The number of thiocarbonyl (C=S) groups is 1. The standard InChI is InChI=1S/C12H9ClN2S/c13-9-5-3-8(4-6-9)11-10(12(14)16)2-1-7-15-11/h1-7H,(H2,14,16). The van der Waals surface area contributed by atoms with Gasteiger partial charge in [-0.3, -0.25) is 4.98 Å². The lowest BCUT2D eigenvalue weighted by Gasteiger charge is -2.06. The van der Waals surface area contributed by atoms with Gasteiger partial charge >= 0.3 is 0 Å². The van der Waals surface area contributed by atoms with E-state index in [-0.39, 0.29) is 0 Å². The zero-order valence-corrected chi connectivity index (χ0v) is 9.92. The third-order valence-electron chi connectivity index (χ3n) is 2.19. The van der Waals surface area contributed by atoms with Gasteiger partial charge in [0.15, 0.2) is 0 Å². The molecule has 16 heavy (non-hydrogen) atoms. The number of pyridine rings is 1. The first-order valence-electron chi connectivity index (χ1n) is 4.69. The molecule has 0 atom stereocenters. The predicted molar refractivity (Wildman–Crippen MR) is 70.6 cm³/mol. The molecule has 0 fully saturated rings. The van der Waals surface area contributed by atoms with Crippen molar-refractivity contribution in [2.45, 2.75) is 0 Å². The number of benzene rings is 1. The molecule has 4 heteroatoms. The lowest BCUT2D eigenvalue weighted by atomic mass is 10.1. The van der Waals surface area contributed by atoms with Crippen molar-refractivity contribution >= 4 is 28.8 Å². The van der Waals surface area contributed by atoms with Gasteiger partial charge in [-0.2, -0.15) is 0 Å². The predicted octanol–water partition coefficient (Wildman–Crippen LogP) is 3.04. The highest BCUT2D eigenvalue weighted by atomic mass is 35.5. The van der Waals surface area contributed by atoms with Crippen LogP contribution in [0.2, 0.25) is 5.02 Å². The summed E-state index contributed by atoms with van der Waals surface area (Å²) in [4.78, 5) is 4.63. The lowest BCUT2D eigenvalue weighted by Crippen LogP contribution is -2.11. The topological polar surface area (TPSA) is 38.9 Å². The Bertz CT molecular complexity index is 523. The Morgan fingerprint density at radius 3 is 2.50 bits per heavy atom. The fourth-order valence-corrected chi connectivity index (χ4v) is 1.73.